The van der Waals surface area contributed by atoms with Crippen molar-refractivity contribution in [2.75, 3.05) is 0 Å². The molecule has 0 saturated carbocycles. The third kappa shape index (κ3) is 1.66. The Bertz CT molecular complexity index is 508. The fourth-order valence-corrected chi connectivity index (χ4v) is 1.59. The van der Waals surface area contributed by atoms with Gasteiger partial charge in [-0.2, -0.15) is 0 Å². The summed E-state index contributed by atoms with van der Waals surface area (Å²) < 4.78 is 0. The Labute approximate surface area is 87.0 Å². The first-order chi connectivity index (χ1) is 7.08. The molecule has 3 N–H and O–H groups in total. The van der Waals surface area contributed by atoms with Gasteiger partial charge in [0.05, 0.1) is 17.0 Å². The maximum absolute atomic E-state index is 10.8. The number of aromatic amines is 2. The molecule has 0 aliphatic rings. The number of H-pyrrole nitrogens is 2. The van der Waals surface area contributed by atoms with E-state index in [1.165, 1.54) is 0 Å². The molecule has 0 saturated heterocycles. The zero-order chi connectivity index (χ0) is 11.0. The second-order valence-corrected chi connectivity index (χ2v) is 3.58. The topological polar surface area (TPSA) is 68.9 Å². The van der Waals surface area contributed by atoms with Crippen LogP contribution in [0, 0.1) is 13.8 Å². The van der Waals surface area contributed by atoms with Crippen molar-refractivity contribution in [3.63, 3.8) is 0 Å². The average Bonchev–Trinajstić information content (AvgIpc) is 2.71. The molecule has 0 aliphatic heterocycles. The number of aryl methyl sites for hydroxylation is 2. The van der Waals surface area contributed by atoms with Crippen LogP contribution in [0.25, 0.3) is 11.4 Å². The van der Waals surface area contributed by atoms with Crippen LogP contribution in [-0.2, 0) is 0 Å². The lowest BCUT2D eigenvalue weighted by Gasteiger charge is -1.91. The molecule has 78 valence electrons. The molecule has 0 fully saturated rings. The lowest BCUT2D eigenvalue weighted by Crippen LogP contribution is -1.95. The van der Waals surface area contributed by atoms with E-state index in [9.17, 15) is 4.79 Å². The number of carbonyl (C=O) groups is 1. The Balaban J connectivity index is 2.46. The highest BCUT2D eigenvalue weighted by Gasteiger charge is 2.12. The molecule has 0 spiro atoms. The van der Waals surface area contributed by atoms with Crippen molar-refractivity contribution in [1.29, 1.82) is 0 Å². The van der Waals surface area contributed by atoms with E-state index in [2.05, 4.69) is 9.97 Å². The number of hydrogen-bond acceptors (Lipinski definition) is 1. The fourth-order valence-electron chi connectivity index (χ4n) is 1.59. The fraction of sp³-hybridized carbons (Fsp3) is 0.182. The van der Waals surface area contributed by atoms with Crippen LogP contribution in [0.15, 0.2) is 18.2 Å². The number of aromatic carboxylic acids is 1. The third-order valence-corrected chi connectivity index (χ3v) is 2.37. The molecule has 4 nitrogen and oxygen atoms in total. The van der Waals surface area contributed by atoms with Gasteiger partial charge in [-0.1, -0.05) is 0 Å². The van der Waals surface area contributed by atoms with Crippen LogP contribution in [-0.4, -0.2) is 21.0 Å². The zero-order valence-corrected chi connectivity index (χ0v) is 8.59. The van der Waals surface area contributed by atoms with E-state index < -0.39 is 5.97 Å². The van der Waals surface area contributed by atoms with Crippen LogP contribution in [0.1, 0.15) is 21.7 Å². The summed E-state index contributed by atoms with van der Waals surface area (Å²) in [6.07, 6.45) is 0. The molecule has 0 radical (unpaired) electrons. The predicted molar refractivity (Wildman–Crippen MR) is 57.0 cm³/mol. The first-order valence-electron chi connectivity index (χ1n) is 4.67. The summed E-state index contributed by atoms with van der Waals surface area (Å²) in [6.45, 7) is 3.71. The van der Waals surface area contributed by atoms with Crippen LogP contribution in [0.3, 0.4) is 0 Å². The Morgan fingerprint density at radius 3 is 2.40 bits per heavy atom. The summed E-state index contributed by atoms with van der Waals surface area (Å²) in [5.41, 5.74) is 3.75. The number of carboxylic acid groups (broad SMARTS) is 1. The first kappa shape index (κ1) is 9.58. The van der Waals surface area contributed by atoms with Crippen molar-refractivity contribution in [3.05, 3.63) is 35.2 Å². The second kappa shape index (κ2) is 3.31. The molecule has 0 atom stereocenters. The summed E-state index contributed by atoms with van der Waals surface area (Å²) in [5, 5.41) is 8.90. The van der Waals surface area contributed by atoms with Crippen molar-refractivity contribution < 1.29 is 9.90 Å². The smallest absolute Gasteiger partial charge is 0.337 e. The molecule has 0 aromatic carbocycles. The van der Waals surface area contributed by atoms with Gasteiger partial charge < -0.3 is 15.1 Å². The van der Waals surface area contributed by atoms with Gasteiger partial charge in [0.1, 0.15) is 0 Å². The number of hydrogen-bond donors (Lipinski definition) is 3. The quantitative estimate of drug-likeness (QED) is 0.702. The minimum absolute atomic E-state index is 0.317. The minimum atomic E-state index is -0.904. The van der Waals surface area contributed by atoms with Gasteiger partial charge in [-0.15, -0.1) is 0 Å². The summed E-state index contributed by atoms with van der Waals surface area (Å²) >= 11 is 0. The van der Waals surface area contributed by atoms with Crippen LogP contribution in [0.4, 0.5) is 0 Å². The van der Waals surface area contributed by atoms with E-state index in [1.807, 2.05) is 19.1 Å². The lowest BCUT2D eigenvalue weighted by atomic mass is 10.2. The Morgan fingerprint density at radius 2 is 1.93 bits per heavy atom. The molecule has 4 heteroatoms. The third-order valence-electron chi connectivity index (χ3n) is 2.37. The van der Waals surface area contributed by atoms with Crippen molar-refractivity contribution in [2.24, 2.45) is 0 Å². The number of carboxylic acids is 1. The number of rotatable bonds is 2. The maximum Gasteiger partial charge on any atom is 0.337 e. The molecule has 2 aromatic heterocycles. The molecule has 0 aliphatic carbocycles. The molecule has 15 heavy (non-hydrogen) atoms. The molecular weight excluding hydrogens is 192 g/mol. The van der Waals surface area contributed by atoms with Crippen LogP contribution < -0.4 is 0 Å². The van der Waals surface area contributed by atoms with Crippen LogP contribution in [0.5, 0.6) is 0 Å². The molecule has 2 heterocycles. The summed E-state index contributed by atoms with van der Waals surface area (Å²) in [7, 11) is 0. The molecule has 0 unspecified atom stereocenters. The second-order valence-electron chi connectivity index (χ2n) is 3.58. The van der Waals surface area contributed by atoms with E-state index in [4.69, 9.17) is 5.11 Å². The molecule has 0 amide bonds. The Hall–Kier alpha value is -1.97. The van der Waals surface area contributed by atoms with E-state index in [1.54, 1.807) is 13.0 Å². The van der Waals surface area contributed by atoms with Crippen molar-refractivity contribution >= 4 is 5.97 Å². The Morgan fingerprint density at radius 1 is 1.20 bits per heavy atom. The molecule has 0 bridgehead atoms. The summed E-state index contributed by atoms with van der Waals surface area (Å²) in [4.78, 5) is 17.0. The van der Waals surface area contributed by atoms with Crippen LogP contribution in [0.2, 0.25) is 0 Å². The minimum Gasteiger partial charge on any atom is -0.478 e. The molecule has 2 aromatic rings. The van der Waals surface area contributed by atoms with Gasteiger partial charge in [0.15, 0.2) is 0 Å². The van der Waals surface area contributed by atoms with Crippen molar-refractivity contribution in [3.8, 4) is 11.4 Å². The van der Waals surface area contributed by atoms with Gasteiger partial charge in [0.2, 0.25) is 0 Å². The first-order valence-corrected chi connectivity index (χ1v) is 4.67. The highest BCUT2D eigenvalue weighted by molar-refractivity contribution is 5.90. The van der Waals surface area contributed by atoms with E-state index in [0.29, 0.717) is 11.3 Å². The lowest BCUT2D eigenvalue weighted by molar-refractivity contribution is 0.0696. The maximum atomic E-state index is 10.8. The SMILES string of the molecule is Cc1ccc(-c2cc(C(=O)O)c(C)[nH]2)[nH]1. The highest BCUT2D eigenvalue weighted by Crippen LogP contribution is 2.20. The van der Waals surface area contributed by atoms with E-state index >= 15 is 0 Å². The van der Waals surface area contributed by atoms with Gasteiger partial charge in [-0.3, -0.25) is 0 Å². The van der Waals surface area contributed by atoms with Gasteiger partial charge in [0.25, 0.3) is 0 Å². The Kier molecular flexibility index (Phi) is 2.11. The van der Waals surface area contributed by atoms with Gasteiger partial charge in [-0.25, -0.2) is 4.79 Å². The van der Waals surface area contributed by atoms with E-state index in [-0.39, 0.29) is 0 Å². The number of aromatic nitrogens is 2. The van der Waals surface area contributed by atoms with Gasteiger partial charge in [-0.05, 0) is 32.0 Å². The van der Waals surface area contributed by atoms with Crippen molar-refractivity contribution in [2.45, 2.75) is 13.8 Å². The number of nitrogens with one attached hydrogen (secondary N) is 2. The largest absolute Gasteiger partial charge is 0.478 e. The zero-order valence-electron chi connectivity index (χ0n) is 8.59. The highest BCUT2D eigenvalue weighted by atomic mass is 16.4. The molecule has 2 rings (SSSR count). The monoisotopic (exact) mass is 204 g/mol. The van der Waals surface area contributed by atoms with Gasteiger partial charge >= 0.3 is 5.97 Å². The normalized spacial score (nSPS) is 10.5. The van der Waals surface area contributed by atoms with E-state index in [0.717, 1.165) is 17.1 Å². The predicted octanol–water partition coefficient (Wildman–Crippen LogP) is 2.32. The standard InChI is InChI=1S/C11H12N2O2/c1-6-3-4-9(12-6)10-5-8(11(14)15)7(2)13-10/h3-5,12-13H,1-2H3,(H,14,15). The van der Waals surface area contributed by atoms with Gasteiger partial charge in [0, 0.05) is 11.4 Å². The van der Waals surface area contributed by atoms with Crippen LogP contribution >= 0.6 is 0 Å². The molecular formula is C11H12N2O2. The summed E-state index contributed by atoms with van der Waals surface area (Å²) in [6, 6.07) is 5.52. The summed E-state index contributed by atoms with van der Waals surface area (Å²) in [5.74, 6) is -0.904. The van der Waals surface area contributed by atoms with Crippen molar-refractivity contribution in [1.82, 2.24) is 9.97 Å². The average molecular weight is 204 g/mol.